The maximum atomic E-state index is 13.5. The van der Waals surface area contributed by atoms with Crippen molar-refractivity contribution in [1.82, 2.24) is 9.44 Å². The molecular formula is C14H19FN2O3S. The third kappa shape index (κ3) is 3.72. The Morgan fingerprint density at radius 2 is 2.00 bits per heavy atom. The normalized spacial score (nSPS) is 20.3. The van der Waals surface area contributed by atoms with Crippen molar-refractivity contribution in [2.24, 2.45) is 5.92 Å². The van der Waals surface area contributed by atoms with Crippen LogP contribution in [-0.4, -0.2) is 21.6 Å². The number of benzene rings is 1. The zero-order valence-corrected chi connectivity index (χ0v) is 12.6. The summed E-state index contributed by atoms with van der Waals surface area (Å²) in [6, 6.07) is 3.77. The van der Waals surface area contributed by atoms with E-state index in [9.17, 15) is 12.8 Å². The summed E-state index contributed by atoms with van der Waals surface area (Å²) in [5.74, 6) is 0.296. The van der Waals surface area contributed by atoms with Gasteiger partial charge in [0.05, 0.1) is 13.2 Å². The second-order valence-corrected chi connectivity index (χ2v) is 7.19. The van der Waals surface area contributed by atoms with E-state index in [0.29, 0.717) is 11.3 Å². The molecule has 2 saturated carbocycles. The van der Waals surface area contributed by atoms with Gasteiger partial charge in [0.1, 0.15) is 11.6 Å². The van der Waals surface area contributed by atoms with Gasteiger partial charge in [-0.25, -0.2) is 4.39 Å². The molecule has 0 aliphatic heterocycles. The summed E-state index contributed by atoms with van der Waals surface area (Å²) in [6.45, 7) is 0. The van der Waals surface area contributed by atoms with Gasteiger partial charge in [-0.15, -0.1) is 0 Å². The third-order valence-electron chi connectivity index (χ3n) is 3.80. The van der Waals surface area contributed by atoms with Gasteiger partial charge in [-0.1, -0.05) is 0 Å². The van der Waals surface area contributed by atoms with Crippen molar-refractivity contribution < 1.29 is 17.5 Å². The van der Waals surface area contributed by atoms with Crippen LogP contribution in [0.3, 0.4) is 0 Å². The average molecular weight is 314 g/mol. The lowest BCUT2D eigenvalue weighted by atomic mass is 10.0. The van der Waals surface area contributed by atoms with Gasteiger partial charge >= 0.3 is 0 Å². The van der Waals surface area contributed by atoms with Gasteiger partial charge in [-0.3, -0.25) is 0 Å². The average Bonchev–Trinajstić information content (AvgIpc) is 3.29. The molecule has 0 bridgehead atoms. The fourth-order valence-electron chi connectivity index (χ4n) is 2.41. The highest BCUT2D eigenvalue weighted by Crippen LogP contribution is 2.44. The van der Waals surface area contributed by atoms with Crippen molar-refractivity contribution in [3.63, 3.8) is 0 Å². The molecule has 0 amide bonds. The molecule has 0 spiro atoms. The van der Waals surface area contributed by atoms with Crippen LogP contribution < -0.4 is 14.2 Å². The summed E-state index contributed by atoms with van der Waals surface area (Å²) >= 11 is 0. The van der Waals surface area contributed by atoms with Gasteiger partial charge in [-0.05, 0) is 49.8 Å². The summed E-state index contributed by atoms with van der Waals surface area (Å²) in [7, 11) is -2.09. The summed E-state index contributed by atoms with van der Waals surface area (Å²) in [5, 5.41) is 0. The van der Waals surface area contributed by atoms with E-state index in [2.05, 4.69) is 9.44 Å². The monoisotopic (exact) mass is 314 g/mol. The number of hydrogen-bond donors (Lipinski definition) is 2. The van der Waals surface area contributed by atoms with E-state index < -0.39 is 22.1 Å². The molecule has 1 aromatic rings. The van der Waals surface area contributed by atoms with E-state index in [1.165, 1.54) is 25.3 Å². The lowest BCUT2D eigenvalue weighted by Gasteiger charge is -2.21. The molecule has 0 saturated heterocycles. The molecule has 3 rings (SSSR count). The van der Waals surface area contributed by atoms with Crippen molar-refractivity contribution >= 4 is 10.2 Å². The van der Waals surface area contributed by atoms with E-state index >= 15 is 0 Å². The maximum absolute atomic E-state index is 13.5. The summed E-state index contributed by atoms with van der Waals surface area (Å²) < 4.78 is 48.3. The first-order valence-corrected chi connectivity index (χ1v) is 8.60. The van der Waals surface area contributed by atoms with Gasteiger partial charge in [0.15, 0.2) is 0 Å². The molecule has 0 radical (unpaired) electrons. The molecule has 21 heavy (non-hydrogen) atoms. The third-order valence-corrected chi connectivity index (χ3v) is 5.01. The van der Waals surface area contributed by atoms with Crippen molar-refractivity contribution in [1.29, 1.82) is 0 Å². The molecule has 2 aliphatic rings. The van der Waals surface area contributed by atoms with E-state index in [0.717, 1.165) is 25.7 Å². The Labute approximate surface area is 124 Å². The van der Waals surface area contributed by atoms with Crippen molar-refractivity contribution in [2.75, 3.05) is 7.11 Å². The second kappa shape index (κ2) is 5.55. The minimum atomic E-state index is -3.59. The number of ether oxygens (including phenoxy) is 1. The summed E-state index contributed by atoms with van der Waals surface area (Å²) in [6.07, 6.45) is 3.60. The number of halogens is 1. The molecule has 5 nitrogen and oxygen atoms in total. The number of nitrogens with one attached hydrogen (secondary N) is 2. The topological polar surface area (TPSA) is 67.4 Å². The fraction of sp³-hybridized carbons (Fsp3) is 0.571. The molecule has 1 unspecified atom stereocenters. The van der Waals surface area contributed by atoms with Crippen LogP contribution in [0.4, 0.5) is 4.39 Å². The highest BCUT2D eigenvalue weighted by Gasteiger charge is 2.38. The van der Waals surface area contributed by atoms with Gasteiger partial charge in [-0.2, -0.15) is 17.9 Å². The quantitative estimate of drug-likeness (QED) is 0.807. The van der Waals surface area contributed by atoms with E-state index in [-0.39, 0.29) is 12.0 Å². The highest BCUT2D eigenvalue weighted by atomic mass is 32.2. The minimum absolute atomic E-state index is 0.0387. The van der Waals surface area contributed by atoms with Crippen LogP contribution >= 0.6 is 0 Å². The fourth-order valence-corrected chi connectivity index (χ4v) is 3.81. The summed E-state index contributed by atoms with van der Waals surface area (Å²) in [4.78, 5) is 0. The summed E-state index contributed by atoms with van der Waals surface area (Å²) in [5.41, 5.74) is 0.557. The van der Waals surface area contributed by atoms with Gasteiger partial charge in [0.25, 0.3) is 10.2 Å². The van der Waals surface area contributed by atoms with E-state index in [4.69, 9.17) is 4.74 Å². The molecule has 2 N–H and O–H groups in total. The van der Waals surface area contributed by atoms with E-state index in [1.54, 1.807) is 0 Å². The van der Waals surface area contributed by atoms with Gasteiger partial charge < -0.3 is 4.74 Å². The Morgan fingerprint density at radius 1 is 1.29 bits per heavy atom. The van der Waals surface area contributed by atoms with Crippen LogP contribution in [-0.2, 0) is 10.2 Å². The number of methoxy groups -OCH3 is 1. The number of hydrogen-bond acceptors (Lipinski definition) is 3. The molecule has 1 atom stereocenters. The smallest absolute Gasteiger partial charge is 0.277 e. The Balaban J connectivity index is 1.86. The van der Waals surface area contributed by atoms with Crippen molar-refractivity contribution in [3.05, 3.63) is 29.6 Å². The lowest BCUT2D eigenvalue weighted by Crippen LogP contribution is -2.40. The minimum Gasteiger partial charge on any atom is -0.496 e. The molecular weight excluding hydrogens is 295 g/mol. The first kappa shape index (κ1) is 14.7. The van der Waals surface area contributed by atoms with Gasteiger partial charge in [0, 0.05) is 11.6 Å². The van der Waals surface area contributed by atoms with Crippen molar-refractivity contribution in [2.45, 2.75) is 37.8 Å². The molecule has 2 fully saturated rings. The van der Waals surface area contributed by atoms with Crippen LogP contribution in [0, 0.1) is 11.7 Å². The number of rotatable bonds is 7. The Morgan fingerprint density at radius 3 is 2.57 bits per heavy atom. The zero-order chi connectivity index (χ0) is 15.0. The molecule has 0 aromatic heterocycles. The molecule has 0 heterocycles. The van der Waals surface area contributed by atoms with Crippen LogP contribution in [0.1, 0.15) is 37.3 Å². The Kier molecular flexibility index (Phi) is 3.90. The SMILES string of the molecule is COc1ccc(F)cc1C(NS(=O)(=O)NC1CC1)C1CC1. The lowest BCUT2D eigenvalue weighted by molar-refractivity contribution is 0.397. The predicted molar refractivity (Wildman–Crippen MR) is 76.6 cm³/mol. The predicted octanol–water partition coefficient (Wildman–Crippen LogP) is 1.87. The van der Waals surface area contributed by atoms with Crippen LogP contribution in [0.5, 0.6) is 5.75 Å². The standard InChI is InChI=1S/C14H19FN2O3S/c1-20-13-7-4-10(15)8-12(13)14(9-2-3-9)17-21(18,19)16-11-5-6-11/h4,7-9,11,14,16-17H,2-3,5-6H2,1H3. The molecule has 2 aliphatic carbocycles. The van der Waals surface area contributed by atoms with Crippen LogP contribution in [0.15, 0.2) is 18.2 Å². The first-order chi connectivity index (χ1) is 9.98. The van der Waals surface area contributed by atoms with Crippen LogP contribution in [0.2, 0.25) is 0 Å². The second-order valence-electron chi connectivity index (χ2n) is 5.71. The largest absolute Gasteiger partial charge is 0.496 e. The maximum Gasteiger partial charge on any atom is 0.277 e. The molecule has 116 valence electrons. The highest BCUT2D eigenvalue weighted by molar-refractivity contribution is 7.87. The Hall–Kier alpha value is -1.18. The van der Waals surface area contributed by atoms with Crippen molar-refractivity contribution in [3.8, 4) is 5.75 Å². The zero-order valence-electron chi connectivity index (χ0n) is 11.8. The molecule has 7 heteroatoms. The van der Waals surface area contributed by atoms with Crippen LogP contribution in [0.25, 0.3) is 0 Å². The molecule has 1 aromatic carbocycles. The first-order valence-electron chi connectivity index (χ1n) is 7.11. The Bertz CT molecular complexity index is 627. The van der Waals surface area contributed by atoms with Gasteiger partial charge in [0.2, 0.25) is 0 Å². The van der Waals surface area contributed by atoms with E-state index in [1.807, 2.05) is 0 Å².